The second kappa shape index (κ2) is 6.66. The molecule has 0 fully saturated rings. The molecular formula is C12H20N2OS. The van der Waals surface area contributed by atoms with Gasteiger partial charge in [0.1, 0.15) is 0 Å². The van der Waals surface area contributed by atoms with Crippen molar-refractivity contribution in [3.05, 3.63) is 16.3 Å². The molecule has 90 valence electrons. The molecule has 16 heavy (non-hydrogen) atoms. The van der Waals surface area contributed by atoms with E-state index in [4.69, 9.17) is 0 Å². The van der Waals surface area contributed by atoms with E-state index in [2.05, 4.69) is 24.5 Å². The van der Waals surface area contributed by atoms with E-state index in [1.54, 1.807) is 11.3 Å². The fourth-order valence-electron chi connectivity index (χ4n) is 1.35. The van der Waals surface area contributed by atoms with Crippen LogP contribution in [0.4, 0.5) is 5.69 Å². The van der Waals surface area contributed by atoms with Crippen LogP contribution in [0.25, 0.3) is 0 Å². The number of rotatable bonds is 6. The molecule has 1 aromatic heterocycles. The Bertz CT molecular complexity index is 336. The Balaban J connectivity index is 2.41. The second-order valence-electron chi connectivity index (χ2n) is 4.08. The molecule has 3 nitrogen and oxygen atoms in total. The Kier molecular flexibility index (Phi) is 5.49. The van der Waals surface area contributed by atoms with Crippen LogP contribution in [0.2, 0.25) is 0 Å². The first-order valence-corrected chi connectivity index (χ1v) is 6.56. The molecule has 0 spiro atoms. The smallest absolute Gasteiger partial charge is 0.221 e. The summed E-state index contributed by atoms with van der Waals surface area (Å²) in [5.41, 5.74) is 0.939. The highest BCUT2D eigenvalue weighted by atomic mass is 32.1. The largest absolute Gasteiger partial charge is 0.325 e. The number of amides is 1. The molecular weight excluding hydrogens is 220 g/mol. The molecule has 1 unspecified atom stereocenters. The normalized spacial score (nSPS) is 12.4. The standard InChI is InChI=1S/C12H20N2OS/c1-4-9(2)7-13-8-12-11(5-6-16-12)14-10(3)15/h5-6,9,13H,4,7-8H2,1-3H3,(H,14,15). The van der Waals surface area contributed by atoms with Crippen LogP contribution in [0.5, 0.6) is 0 Å². The van der Waals surface area contributed by atoms with E-state index in [0.29, 0.717) is 5.92 Å². The van der Waals surface area contributed by atoms with Gasteiger partial charge in [0.05, 0.1) is 5.69 Å². The SMILES string of the molecule is CCC(C)CNCc1sccc1NC(C)=O. The molecule has 0 radical (unpaired) electrons. The van der Waals surface area contributed by atoms with Crippen molar-refractivity contribution in [3.63, 3.8) is 0 Å². The van der Waals surface area contributed by atoms with Crippen LogP contribution in [0.1, 0.15) is 32.1 Å². The summed E-state index contributed by atoms with van der Waals surface area (Å²) in [5.74, 6) is 0.686. The average Bonchev–Trinajstić information content (AvgIpc) is 2.64. The van der Waals surface area contributed by atoms with Crippen LogP contribution in [0.3, 0.4) is 0 Å². The summed E-state index contributed by atoms with van der Waals surface area (Å²) in [6.45, 7) is 7.82. The van der Waals surface area contributed by atoms with Crippen molar-refractivity contribution in [1.29, 1.82) is 0 Å². The number of nitrogens with one attached hydrogen (secondary N) is 2. The molecule has 0 saturated carbocycles. The third-order valence-electron chi connectivity index (χ3n) is 2.53. The zero-order valence-electron chi connectivity index (χ0n) is 10.2. The van der Waals surface area contributed by atoms with Gasteiger partial charge >= 0.3 is 0 Å². The number of anilines is 1. The predicted molar refractivity (Wildman–Crippen MR) is 69.8 cm³/mol. The Hall–Kier alpha value is -0.870. The lowest BCUT2D eigenvalue weighted by Gasteiger charge is -2.10. The van der Waals surface area contributed by atoms with Gasteiger partial charge in [0.25, 0.3) is 0 Å². The molecule has 1 rings (SSSR count). The summed E-state index contributed by atoms with van der Waals surface area (Å²) < 4.78 is 0. The molecule has 0 saturated heterocycles. The van der Waals surface area contributed by atoms with E-state index in [0.717, 1.165) is 18.8 Å². The van der Waals surface area contributed by atoms with Gasteiger partial charge in [-0.05, 0) is 23.9 Å². The van der Waals surface area contributed by atoms with Gasteiger partial charge in [0, 0.05) is 18.3 Å². The number of hydrogen-bond donors (Lipinski definition) is 2. The summed E-state index contributed by atoms with van der Waals surface area (Å²) in [5, 5.41) is 8.25. The Morgan fingerprint density at radius 1 is 1.56 bits per heavy atom. The minimum absolute atomic E-state index is 0.0124. The summed E-state index contributed by atoms with van der Waals surface area (Å²) in [7, 11) is 0. The first-order valence-electron chi connectivity index (χ1n) is 5.68. The molecule has 1 heterocycles. The third kappa shape index (κ3) is 4.33. The molecule has 0 aliphatic heterocycles. The van der Waals surface area contributed by atoms with Crippen LogP contribution >= 0.6 is 11.3 Å². The van der Waals surface area contributed by atoms with Gasteiger partial charge in [0.15, 0.2) is 0 Å². The minimum Gasteiger partial charge on any atom is -0.325 e. The van der Waals surface area contributed by atoms with Gasteiger partial charge in [-0.25, -0.2) is 0 Å². The molecule has 1 amide bonds. The lowest BCUT2D eigenvalue weighted by Crippen LogP contribution is -2.20. The zero-order chi connectivity index (χ0) is 12.0. The Morgan fingerprint density at radius 3 is 2.94 bits per heavy atom. The third-order valence-corrected chi connectivity index (χ3v) is 3.45. The van der Waals surface area contributed by atoms with Crippen molar-refractivity contribution in [2.24, 2.45) is 5.92 Å². The first kappa shape index (κ1) is 13.2. The molecule has 0 bridgehead atoms. The molecule has 4 heteroatoms. The van der Waals surface area contributed by atoms with Crippen LogP contribution in [0, 0.1) is 5.92 Å². The van der Waals surface area contributed by atoms with Crippen LogP contribution < -0.4 is 10.6 Å². The van der Waals surface area contributed by atoms with E-state index < -0.39 is 0 Å². The van der Waals surface area contributed by atoms with E-state index in [9.17, 15) is 4.79 Å². The fraction of sp³-hybridized carbons (Fsp3) is 0.583. The van der Waals surface area contributed by atoms with Crippen LogP contribution in [0.15, 0.2) is 11.4 Å². The maximum Gasteiger partial charge on any atom is 0.221 e. The molecule has 2 N–H and O–H groups in total. The quantitative estimate of drug-likeness (QED) is 0.803. The zero-order valence-corrected chi connectivity index (χ0v) is 11.0. The van der Waals surface area contributed by atoms with E-state index in [1.807, 2.05) is 11.4 Å². The van der Waals surface area contributed by atoms with Gasteiger partial charge in [0.2, 0.25) is 5.91 Å². The van der Waals surface area contributed by atoms with Gasteiger partial charge < -0.3 is 10.6 Å². The number of carbonyl (C=O) groups is 1. The average molecular weight is 240 g/mol. The molecule has 0 aliphatic rings. The summed E-state index contributed by atoms with van der Waals surface area (Å²) >= 11 is 1.67. The second-order valence-corrected chi connectivity index (χ2v) is 5.08. The van der Waals surface area contributed by atoms with Gasteiger partial charge in [-0.3, -0.25) is 4.79 Å². The molecule has 1 atom stereocenters. The van der Waals surface area contributed by atoms with Gasteiger partial charge in [-0.1, -0.05) is 20.3 Å². The fourth-order valence-corrected chi connectivity index (χ4v) is 2.15. The molecule has 0 aromatic carbocycles. The van der Waals surface area contributed by atoms with E-state index in [1.165, 1.54) is 18.2 Å². The highest BCUT2D eigenvalue weighted by Crippen LogP contribution is 2.21. The van der Waals surface area contributed by atoms with Crippen molar-refractivity contribution in [1.82, 2.24) is 5.32 Å². The summed E-state index contributed by atoms with van der Waals surface area (Å²) in [6.07, 6.45) is 1.19. The maximum atomic E-state index is 11.0. The van der Waals surface area contributed by atoms with E-state index >= 15 is 0 Å². The Labute approximate surface area is 101 Å². The lowest BCUT2D eigenvalue weighted by molar-refractivity contribution is -0.114. The van der Waals surface area contributed by atoms with Crippen molar-refractivity contribution >= 4 is 22.9 Å². The van der Waals surface area contributed by atoms with E-state index in [-0.39, 0.29) is 5.91 Å². The lowest BCUT2D eigenvalue weighted by atomic mass is 10.1. The van der Waals surface area contributed by atoms with Gasteiger partial charge in [-0.15, -0.1) is 11.3 Å². The highest BCUT2D eigenvalue weighted by molar-refractivity contribution is 7.10. The van der Waals surface area contributed by atoms with Crippen molar-refractivity contribution in [2.75, 3.05) is 11.9 Å². The number of hydrogen-bond acceptors (Lipinski definition) is 3. The van der Waals surface area contributed by atoms with Gasteiger partial charge in [-0.2, -0.15) is 0 Å². The topological polar surface area (TPSA) is 41.1 Å². The summed E-state index contributed by atoms with van der Waals surface area (Å²) in [6, 6.07) is 1.95. The summed E-state index contributed by atoms with van der Waals surface area (Å²) in [4.78, 5) is 12.2. The molecule has 0 aliphatic carbocycles. The van der Waals surface area contributed by atoms with Crippen molar-refractivity contribution < 1.29 is 4.79 Å². The first-order chi connectivity index (χ1) is 7.63. The van der Waals surface area contributed by atoms with Crippen LogP contribution in [-0.4, -0.2) is 12.5 Å². The van der Waals surface area contributed by atoms with Crippen molar-refractivity contribution in [2.45, 2.75) is 33.7 Å². The highest BCUT2D eigenvalue weighted by Gasteiger charge is 2.05. The monoisotopic (exact) mass is 240 g/mol. The number of carbonyl (C=O) groups excluding carboxylic acids is 1. The minimum atomic E-state index is -0.0124. The molecule has 1 aromatic rings. The van der Waals surface area contributed by atoms with Crippen LogP contribution in [-0.2, 0) is 11.3 Å². The Morgan fingerprint density at radius 2 is 2.31 bits per heavy atom. The number of thiophene rings is 1. The maximum absolute atomic E-state index is 11.0. The van der Waals surface area contributed by atoms with Crippen molar-refractivity contribution in [3.8, 4) is 0 Å². The predicted octanol–water partition coefficient (Wildman–Crippen LogP) is 2.84.